The third kappa shape index (κ3) is 3.85. The van der Waals surface area contributed by atoms with E-state index in [1.54, 1.807) is 6.26 Å². The van der Waals surface area contributed by atoms with E-state index >= 15 is 0 Å². The third-order valence-electron chi connectivity index (χ3n) is 3.87. The van der Waals surface area contributed by atoms with Crippen LogP contribution in [0.1, 0.15) is 38.4 Å². The van der Waals surface area contributed by atoms with Crippen molar-refractivity contribution in [3.05, 3.63) is 24.2 Å². The maximum Gasteiger partial charge on any atom is 0.306 e. The van der Waals surface area contributed by atoms with Gasteiger partial charge >= 0.3 is 5.97 Å². The molecular formula is C15H21NO4. The van der Waals surface area contributed by atoms with Crippen LogP contribution in [0, 0.1) is 11.8 Å². The van der Waals surface area contributed by atoms with E-state index in [1.165, 1.54) is 0 Å². The molecule has 0 aromatic carbocycles. The van der Waals surface area contributed by atoms with Gasteiger partial charge in [0.2, 0.25) is 5.91 Å². The van der Waals surface area contributed by atoms with E-state index in [0.717, 1.165) is 18.6 Å². The second-order valence-electron chi connectivity index (χ2n) is 5.59. The van der Waals surface area contributed by atoms with Crippen LogP contribution in [-0.2, 0) is 16.0 Å². The molecule has 5 nitrogen and oxygen atoms in total. The monoisotopic (exact) mass is 279 g/mol. The van der Waals surface area contributed by atoms with Crippen molar-refractivity contribution in [2.24, 2.45) is 11.8 Å². The van der Waals surface area contributed by atoms with Crippen LogP contribution in [0.25, 0.3) is 0 Å². The van der Waals surface area contributed by atoms with E-state index in [0.29, 0.717) is 19.3 Å². The molecule has 3 unspecified atom stereocenters. The molecule has 1 aromatic heterocycles. The molecule has 1 amide bonds. The lowest BCUT2D eigenvalue weighted by molar-refractivity contribution is -0.144. The highest BCUT2D eigenvalue weighted by molar-refractivity contribution is 5.80. The molecular weight excluding hydrogens is 258 g/mol. The second-order valence-corrected chi connectivity index (χ2v) is 5.59. The number of carbonyl (C=O) groups excluding carboxylic acids is 1. The normalized spacial score (nSPS) is 24.1. The van der Waals surface area contributed by atoms with E-state index in [1.807, 2.05) is 19.1 Å². The topological polar surface area (TPSA) is 79.5 Å². The van der Waals surface area contributed by atoms with Crippen molar-refractivity contribution in [1.29, 1.82) is 0 Å². The Labute approximate surface area is 118 Å². The molecule has 1 aliphatic carbocycles. The van der Waals surface area contributed by atoms with Crippen molar-refractivity contribution in [2.45, 2.75) is 45.1 Å². The number of carbonyl (C=O) groups is 2. The molecule has 2 N–H and O–H groups in total. The van der Waals surface area contributed by atoms with Crippen LogP contribution < -0.4 is 5.32 Å². The van der Waals surface area contributed by atoms with E-state index in [2.05, 4.69) is 5.32 Å². The largest absolute Gasteiger partial charge is 0.481 e. The predicted octanol–water partition coefficient (Wildman–Crippen LogP) is 2.22. The van der Waals surface area contributed by atoms with E-state index in [-0.39, 0.29) is 23.8 Å². The highest BCUT2D eigenvalue weighted by Gasteiger charge is 2.31. The van der Waals surface area contributed by atoms with Gasteiger partial charge in [-0.2, -0.15) is 0 Å². The molecule has 1 saturated carbocycles. The number of carboxylic acid groups (broad SMARTS) is 1. The van der Waals surface area contributed by atoms with Crippen molar-refractivity contribution in [2.75, 3.05) is 0 Å². The highest BCUT2D eigenvalue weighted by Crippen LogP contribution is 2.29. The lowest BCUT2D eigenvalue weighted by atomic mass is 9.81. The van der Waals surface area contributed by atoms with Crippen molar-refractivity contribution in [3.8, 4) is 0 Å². The lowest BCUT2D eigenvalue weighted by Gasteiger charge is -2.26. The summed E-state index contributed by atoms with van der Waals surface area (Å²) in [7, 11) is 0. The molecule has 0 saturated heterocycles. The summed E-state index contributed by atoms with van der Waals surface area (Å²) < 4.78 is 5.25. The summed E-state index contributed by atoms with van der Waals surface area (Å²) in [4.78, 5) is 23.2. The Hall–Kier alpha value is -1.78. The fourth-order valence-electron chi connectivity index (χ4n) is 2.79. The number of rotatable bonds is 5. The van der Waals surface area contributed by atoms with Crippen LogP contribution in [0.3, 0.4) is 0 Å². The van der Waals surface area contributed by atoms with Gasteiger partial charge in [0.1, 0.15) is 5.76 Å². The summed E-state index contributed by atoms with van der Waals surface area (Å²) in [5, 5.41) is 12.0. The van der Waals surface area contributed by atoms with E-state index in [9.17, 15) is 9.59 Å². The summed E-state index contributed by atoms with van der Waals surface area (Å²) in [6.07, 6.45) is 4.98. The molecule has 110 valence electrons. The van der Waals surface area contributed by atoms with Crippen LogP contribution in [0.5, 0.6) is 0 Å². The lowest BCUT2D eigenvalue weighted by Crippen LogP contribution is -2.40. The fraction of sp³-hybridized carbons (Fsp3) is 0.600. The molecule has 1 aliphatic rings. The Morgan fingerprint density at radius 1 is 1.45 bits per heavy atom. The van der Waals surface area contributed by atoms with Gasteiger partial charge in [0.05, 0.1) is 12.2 Å². The fourth-order valence-corrected chi connectivity index (χ4v) is 2.79. The first kappa shape index (κ1) is 14.6. The van der Waals surface area contributed by atoms with Gasteiger partial charge < -0.3 is 14.8 Å². The quantitative estimate of drug-likeness (QED) is 0.866. The van der Waals surface area contributed by atoms with Crippen molar-refractivity contribution in [3.63, 3.8) is 0 Å². The molecule has 1 fully saturated rings. The van der Waals surface area contributed by atoms with Gasteiger partial charge in [0.15, 0.2) is 0 Å². The zero-order chi connectivity index (χ0) is 14.5. The van der Waals surface area contributed by atoms with Gasteiger partial charge in [-0.1, -0.05) is 6.42 Å². The maximum absolute atomic E-state index is 12.2. The van der Waals surface area contributed by atoms with Crippen molar-refractivity contribution in [1.82, 2.24) is 5.32 Å². The summed E-state index contributed by atoms with van der Waals surface area (Å²) in [6.45, 7) is 1.93. The Balaban J connectivity index is 1.83. The predicted molar refractivity (Wildman–Crippen MR) is 73.1 cm³/mol. The SMILES string of the molecule is CC(Cc1ccco1)NC(=O)C1CCCC(C(=O)O)C1. The van der Waals surface area contributed by atoms with Crippen LogP contribution >= 0.6 is 0 Å². The van der Waals surface area contributed by atoms with Crippen LogP contribution in [-0.4, -0.2) is 23.0 Å². The van der Waals surface area contributed by atoms with Crippen molar-refractivity contribution < 1.29 is 19.1 Å². The van der Waals surface area contributed by atoms with Gasteiger partial charge in [0.25, 0.3) is 0 Å². The third-order valence-corrected chi connectivity index (χ3v) is 3.87. The van der Waals surface area contributed by atoms with Gasteiger partial charge in [-0.3, -0.25) is 9.59 Å². The van der Waals surface area contributed by atoms with Gasteiger partial charge in [-0.25, -0.2) is 0 Å². The zero-order valence-corrected chi connectivity index (χ0v) is 11.7. The first-order valence-corrected chi connectivity index (χ1v) is 7.12. The summed E-state index contributed by atoms with van der Waals surface area (Å²) in [5.74, 6) is -0.533. The Morgan fingerprint density at radius 2 is 2.20 bits per heavy atom. The minimum absolute atomic E-state index is 0.0149. The standard InChI is InChI=1S/C15H21NO4/c1-10(8-13-6-3-7-20-13)16-14(17)11-4-2-5-12(9-11)15(18)19/h3,6-7,10-12H,2,4-5,8-9H2,1H3,(H,16,17)(H,18,19). The summed E-state index contributed by atoms with van der Waals surface area (Å²) in [6, 6.07) is 3.69. The summed E-state index contributed by atoms with van der Waals surface area (Å²) in [5.41, 5.74) is 0. The minimum atomic E-state index is -0.786. The maximum atomic E-state index is 12.2. The number of amides is 1. The van der Waals surface area contributed by atoms with Gasteiger partial charge in [0, 0.05) is 18.4 Å². The molecule has 0 spiro atoms. The molecule has 1 aromatic rings. The average molecular weight is 279 g/mol. The molecule has 0 radical (unpaired) electrons. The van der Waals surface area contributed by atoms with Gasteiger partial charge in [-0.05, 0) is 38.3 Å². The molecule has 3 atom stereocenters. The first-order chi connectivity index (χ1) is 9.56. The van der Waals surface area contributed by atoms with Crippen molar-refractivity contribution >= 4 is 11.9 Å². The Morgan fingerprint density at radius 3 is 2.85 bits per heavy atom. The van der Waals surface area contributed by atoms with E-state index in [4.69, 9.17) is 9.52 Å². The molecule has 20 heavy (non-hydrogen) atoms. The molecule has 5 heteroatoms. The van der Waals surface area contributed by atoms with Crippen LogP contribution in [0.4, 0.5) is 0 Å². The van der Waals surface area contributed by atoms with Crippen LogP contribution in [0.15, 0.2) is 22.8 Å². The second kappa shape index (κ2) is 6.59. The average Bonchev–Trinajstić information content (AvgIpc) is 2.91. The number of nitrogens with one attached hydrogen (secondary N) is 1. The number of hydrogen-bond acceptors (Lipinski definition) is 3. The van der Waals surface area contributed by atoms with E-state index < -0.39 is 5.97 Å². The molecule has 0 bridgehead atoms. The minimum Gasteiger partial charge on any atom is -0.481 e. The van der Waals surface area contributed by atoms with Crippen LogP contribution in [0.2, 0.25) is 0 Å². The molecule has 1 heterocycles. The molecule has 2 rings (SSSR count). The highest BCUT2D eigenvalue weighted by atomic mass is 16.4. The summed E-state index contributed by atoms with van der Waals surface area (Å²) >= 11 is 0. The Kier molecular flexibility index (Phi) is 4.82. The Bertz CT molecular complexity index is 454. The number of aliphatic carboxylic acids is 1. The number of furan rings is 1. The zero-order valence-electron chi connectivity index (χ0n) is 11.7. The smallest absolute Gasteiger partial charge is 0.306 e. The molecule has 0 aliphatic heterocycles. The number of carboxylic acids is 1. The first-order valence-electron chi connectivity index (χ1n) is 7.12. The van der Waals surface area contributed by atoms with Gasteiger partial charge in [-0.15, -0.1) is 0 Å². The number of hydrogen-bond donors (Lipinski definition) is 2.